The maximum absolute atomic E-state index is 13.8. The van der Waals surface area contributed by atoms with Crippen LogP contribution < -0.4 is 0 Å². The second-order valence-electron chi connectivity index (χ2n) is 6.37. The van der Waals surface area contributed by atoms with E-state index in [0.717, 1.165) is 5.75 Å². The van der Waals surface area contributed by atoms with Crippen LogP contribution in [-0.2, 0) is 18.4 Å². The van der Waals surface area contributed by atoms with Crippen molar-refractivity contribution in [2.45, 2.75) is 21.7 Å². The highest BCUT2D eigenvalue weighted by Gasteiger charge is 2.64. The Labute approximate surface area is 173 Å². The first-order valence-electron chi connectivity index (χ1n) is 9.03. The van der Waals surface area contributed by atoms with E-state index in [0.29, 0.717) is 13.2 Å². The molecule has 2 aromatic carbocycles. The molecule has 4 rings (SSSR count). The van der Waals surface area contributed by atoms with Gasteiger partial charge in [0, 0.05) is 5.75 Å². The van der Waals surface area contributed by atoms with E-state index in [2.05, 4.69) is 48.5 Å². The summed E-state index contributed by atoms with van der Waals surface area (Å²) >= 11 is 5.06. The lowest BCUT2D eigenvalue weighted by Gasteiger charge is -2.34. The van der Waals surface area contributed by atoms with Crippen molar-refractivity contribution in [3.63, 3.8) is 0 Å². The molecule has 1 unspecified atom stereocenters. The second-order valence-corrected chi connectivity index (χ2v) is 14.0. The van der Waals surface area contributed by atoms with Gasteiger partial charge in [-0.3, -0.25) is 4.57 Å². The molecule has 3 nitrogen and oxygen atoms in total. The third kappa shape index (κ3) is 2.87. The summed E-state index contributed by atoms with van der Waals surface area (Å²) in [6, 6.07) is 17.2. The lowest BCUT2D eigenvalue weighted by atomic mass is 9.98. The Morgan fingerprint density at radius 2 is 1.52 bits per heavy atom. The fourth-order valence-electron chi connectivity index (χ4n) is 3.91. The Balaban J connectivity index is 1.86. The minimum absolute atomic E-state index is 0.231. The number of rotatable bonds is 6. The van der Waals surface area contributed by atoms with E-state index in [4.69, 9.17) is 9.05 Å². The van der Waals surface area contributed by atoms with Gasteiger partial charge in [-0.1, -0.05) is 48.5 Å². The third-order valence-corrected chi connectivity index (χ3v) is 15.1. The minimum atomic E-state index is -3.31. The van der Waals surface area contributed by atoms with Crippen molar-refractivity contribution in [3.05, 3.63) is 59.7 Å². The average Bonchev–Trinajstić information content (AvgIpc) is 3.22. The van der Waals surface area contributed by atoms with Crippen LogP contribution in [0.2, 0.25) is 0 Å². The lowest BCUT2D eigenvalue weighted by Crippen LogP contribution is -2.23. The van der Waals surface area contributed by atoms with Gasteiger partial charge >= 0.3 is 7.60 Å². The standard InChI is InChI=1S/C20H23O3PS3/c1-4-22-24(21,23-5-2)20(25-3)26-14-19(27-20)17-12-8-6-10-15(17)16-11-7-9-13-18(16)19/h6-13H,4-5,14H2,1-3H3. The molecule has 7 heteroatoms. The molecular formula is C20H23O3PS3. The van der Waals surface area contributed by atoms with E-state index < -0.39 is 10.7 Å². The maximum Gasteiger partial charge on any atom is 0.366 e. The summed E-state index contributed by atoms with van der Waals surface area (Å²) in [6.45, 7) is 4.50. The van der Waals surface area contributed by atoms with Gasteiger partial charge in [0.05, 0.1) is 18.0 Å². The molecule has 1 saturated heterocycles. The fourth-order valence-corrected chi connectivity index (χ4v) is 12.9. The molecule has 1 aliphatic carbocycles. The molecule has 144 valence electrons. The number of hydrogen-bond donors (Lipinski definition) is 0. The average molecular weight is 439 g/mol. The van der Waals surface area contributed by atoms with Crippen molar-refractivity contribution >= 4 is 42.9 Å². The van der Waals surface area contributed by atoms with Gasteiger partial charge in [0.25, 0.3) is 0 Å². The monoisotopic (exact) mass is 438 g/mol. The number of benzene rings is 2. The first-order chi connectivity index (χ1) is 13.1. The normalized spacial score (nSPS) is 22.8. The molecule has 0 bridgehead atoms. The lowest BCUT2D eigenvalue weighted by molar-refractivity contribution is 0.221. The Kier molecular flexibility index (Phi) is 5.52. The second kappa shape index (κ2) is 7.47. The molecule has 0 aromatic heterocycles. The van der Waals surface area contributed by atoms with Crippen LogP contribution in [-0.4, -0.2) is 28.4 Å². The summed E-state index contributed by atoms with van der Waals surface area (Å²) in [5, 5.41) is 0. The summed E-state index contributed by atoms with van der Waals surface area (Å²) in [7, 11) is -3.31. The van der Waals surface area contributed by atoms with E-state index in [1.807, 2.05) is 20.1 Å². The largest absolute Gasteiger partial charge is 0.366 e. The molecule has 1 fully saturated rings. The maximum atomic E-state index is 13.8. The predicted molar refractivity (Wildman–Crippen MR) is 120 cm³/mol. The number of thioether (sulfide) groups is 3. The minimum Gasteiger partial charge on any atom is -0.307 e. The molecule has 1 heterocycles. The van der Waals surface area contributed by atoms with Crippen LogP contribution in [0.25, 0.3) is 11.1 Å². The fraction of sp³-hybridized carbons (Fsp3) is 0.400. The molecular weight excluding hydrogens is 415 g/mol. The zero-order chi connectivity index (χ0) is 19.1. The van der Waals surface area contributed by atoms with Crippen LogP contribution in [0.3, 0.4) is 0 Å². The Morgan fingerprint density at radius 1 is 1.00 bits per heavy atom. The van der Waals surface area contributed by atoms with Crippen molar-refractivity contribution in [3.8, 4) is 11.1 Å². The van der Waals surface area contributed by atoms with Crippen LogP contribution in [0.5, 0.6) is 0 Å². The highest BCUT2D eigenvalue weighted by molar-refractivity contribution is 8.42. The summed E-state index contributed by atoms with van der Waals surface area (Å²) in [6.07, 6.45) is 2.01. The summed E-state index contributed by atoms with van der Waals surface area (Å²) < 4.78 is 24.5. The molecule has 27 heavy (non-hydrogen) atoms. The molecule has 1 spiro atoms. The van der Waals surface area contributed by atoms with E-state index in [1.54, 1.807) is 35.3 Å². The molecule has 2 aromatic rings. The van der Waals surface area contributed by atoms with Crippen LogP contribution in [0.15, 0.2) is 48.5 Å². The molecule has 2 aliphatic rings. The smallest absolute Gasteiger partial charge is 0.307 e. The highest BCUT2D eigenvalue weighted by atomic mass is 32.3. The topological polar surface area (TPSA) is 35.5 Å². The summed E-state index contributed by atoms with van der Waals surface area (Å²) in [4.78, 5) is 0. The Bertz CT molecular complexity index is 848. The van der Waals surface area contributed by atoms with Gasteiger partial charge in [-0.15, -0.1) is 35.3 Å². The quantitative estimate of drug-likeness (QED) is 0.471. The van der Waals surface area contributed by atoms with Crippen molar-refractivity contribution in [1.29, 1.82) is 0 Å². The van der Waals surface area contributed by atoms with Crippen LogP contribution >= 0.6 is 42.9 Å². The van der Waals surface area contributed by atoms with Crippen molar-refractivity contribution < 1.29 is 13.6 Å². The zero-order valence-electron chi connectivity index (χ0n) is 15.6. The molecule has 0 saturated carbocycles. The van der Waals surface area contributed by atoms with E-state index in [9.17, 15) is 4.57 Å². The Hall–Kier alpha value is -0.360. The van der Waals surface area contributed by atoms with Crippen LogP contribution in [0, 0.1) is 0 Å². The summed E-state index contributed by atoms with van der Waals surface area (Å²) in [5.41, 5.74) is 5.17. The predicted octanol–water partition coefficient (Wildman–Crippen LogP) is 6.63. The van der Waals surface area contributed by atoms with Gasteiger partial charge in [0.1, 0.15) is 0 Å². The van der Waals surface area contributed by atoms with Gasteiger partial charge in [-0.25, -0.2) is 0 Å². The Morgan fingerprint density at radius 3 is 2.00 bits per heavy atom. The van der Waals surface area contributed by atoms with Gasteiger partial charge in [0.2, 0.25) is 3.15 Å². The van der Waals surface area contributed by atoms with Gasteiger partial charge in [-0.2, -0.15) is 0 Å². The zero-order valence-corrected chi connectivity index (χ0v) is 19.0. The van der Waals surface area contributed by atoms with Crippen LogP contribution in [0.1, 0.15) is 25.0 Å². The van der Waals surface area contributed by atoms with Gasteiger partial charge in [0.15, 0.2) is 0 Å². The third-order valence-electron chi connectivity index (χ3n) is 4.97. The van der Waals surface area contributed by atoms with Crippen molar-refractivity contribution in [2.24, 2.45) is 0 Å². The van der Waals surface area contributed by atoms with Gasteiger partial charge < -0.3 is 9.05 Å². The van der Waals surface area contributed by atoms with Gasteiger partial charge in [-0.05, 0) is 42.4 Å². The summed E-state index contributed by atoms with van der Waals surface area (Å²) in [5.74, 6) is 0.844. The molecule has 0 radical (unpaired) electrons. The van der Waals surface area contributed by atoms with E-state index in [-0.39, 0.29) is 4.75 Å². The molecule has 1 atom stereocenters. The first kappa shape index (κ1) is 19.9. The highest BCUT2D eigenvalue weighted by Crippen LogP contribution is 2.82. The first-order valence-corrected chi connectivity index (χ1v) is 13.6. The molecule has 0 amide bonds. The van der Waals surface area contributed by atoms with E-state index >= 15 is 0 Å². The SMILES string of the molecule is CCOP(=O)(OCC)C1(SC)SCC2(S1)c1ccccc1-c1ccccc12. The van der Waals surface area contributed by atoms with Crippen LogP contribution in [0.4, 0.5) is 0 Å². The van der Waals surface area contributed by atoms with E-state index in [1.165, 1.54) is 22.3 Å². The molecule has 1 aliphatic heterocycles. The van der Waals surface area contributed by atoms with Crippen molar-refractivity contribution in [2.75, 3.05) is 25.2 Å². The van der Waals surface area contributed by atoms with Crippen molar-refractivity contribution in [1.82, 2.24) is 0 Å². The molecule has 0 N–H and O–H groups in total. The number of fused-ring (bicyclic) bond motifs is 5. The number of hydrogen-bond acceptors (Lipinski definition) is 6.